The number of carboxylic acid groups (broad SMARTS) is 1. The number of aliphatic carboxylic acids is 1. The molecule has 0 aromatic carbocycles. The summed E-state index contributed by atoms with van der Waals surface area (Å²) in [5.41, 5.74) is 0.306. The quantitative estimate of drug-likeness (QED) is 0.829. The highest BCUT2D eigenvalue weighted by molar-refractivity contribution is 7.99. The van der Waals surface area contributed by atoms with Crippen LogP contribution >= 0.6 is 11.8 Å². The molecule has 0 aromatic rings. The highest BCUT2D eigenvalue weighted by Gasteiger charge is 2.39. The maximum Gasteiger partial charge on any atom is 0.307 e. The van der Waals surface area contributed by atoms with Gasteiger partial charge in [-0.25, -0.2) is 0 Å². The normalized spacial score (nSPS) is 29.6. The fourth-order valence-electron chi connectivity index (χ4n) is 2.70. The summed E-state index contributed by atoms with van der Waals surface area (Å²) in [6.45, 7) is 11.2. The van der Waals surface area contributed by atoms with Gasteiger partial charge >= 0.3 is 5.97 Å². The summed E-state index contributed by atoms with van der Waals surface area (Å²) in [6, 6.07) is 0. The molecule has 1 aliphatic rings. The van der Waals surface area contributed by atoms with Gasteiger partial charge in [0.1, 0.15) is 0 Å². The van der Waals surface area contributed by atoms with Crippen molar-refractivity contribution in [3.8, 4) is 0 Å². The van der Waals surface area contributed by atoms with Gasteiger partial charge < -0.3 is 5.11 Å². The molecule has 3 unspecified atom stereocenters. The van der Waals surface area contributed by atoms with E-state index in [9.17, 15) is 9.90 Å². The zero-order valence-corrected chi connectivity index (χ0v) is 13.2. The molecule has 1 fully saturated rings. The van der Waals surface area contributed by atoms with Crippen molar-refractivity contribution in [2.75, 3.05) is 5.75 Å². The number of hydrogen-bond donors (Lipinski definition) is 1. The lowest BCUT2D eigenvalue weighted by atomic mass is 9.69. The summed E-state index contributed by atoms with van der Waals surface area (Å²) < 4.78 is 0. The first kappa shape index (κ1) is 15.9. The van der Waals surface area contributed by atoms with Gasteiger partial charge in [0, 0.05) is 5.25 Å². The number of rotatable bonds is 4. The molecule has 18 heavy (non-hydrogen) atoms. The SMILES string of the molecule is CC(C)CSC1CC(C(C)(C)C)CCC1C(=O)O. The molecule has 1 N–H and O–H groups in total. The Labute approximate surface area is 116 Å². The first-order valence-corrected chi connectivity index (χ1v) is 8.11. The predicted molar refractivity (Wildman–Crippen MR) is 79.0 cm³/mol. The van der Waals surface area contributed by atoms with Crippen LogP contribution in [0.3, 0.4) is 0 Å². The lowest BCUT2D eigenvalue weighted by molar-refractivity contribution is -0.143. The highest BCUT2D eigenvalue weighted by Crippen LogP contribution is 2.44. The van der Waals surface area contributed by atoms with Crippen LogP contribution in [0.2, 0.25) is 0 Å². The fourth-order valence-corrected chi connectivity index (χ4v) is 4.18. The molecule has 1 rings (SSSR count). The fraction of sp³-hybridized carbons (Fsp3) is 0.933. The van der Waals surface area contributed by atoms with E-state index in [1.165, 1.54) is 0 Å². The van der Waals surface area contributed by atoms with Crippen molar-refractivity contribution in [3.05, 3.63) is 0 Å². The van der Waals surface area contributed by atoms with Crippen LogP contribution in [0.1, 0.15) is 53.9 Å². The maximum absolute atomic E-state index is 11.4. The molecule has 2 nitrogen and oxygen atoms in total. The summed E-state index contributed by atoms with van der Waals surface area (Å²) >= 11 is 1.88. The topological polar surface area (TPSA) is 37.3 Å². The lowest BCUT2D eigenvalue weighted by Crippen LogP contribution is -2.37. The molecular formula is C15H28O2S. The monoisotopic (exact) mass is 272 g/mol. The Morgan fingerprint density at radius 1 is 1.33 bits per heavy atom. The molecule has 3 heteroatoms. The van der Waals surface area contributed by atoms with Crippen molar-refractivity contribution in [2.45, 2.75) is 59.1 Å². The third kappa shape index (κ3) is 4.49. The first-order valence-electron chi connectivity index (χ1n) is 7.06. The number of hydrogen-bond acceptors (Lipinski definition) is 2. The molecule has 1 saturated carbocycles. The minimum absolute atomic E-state index is 0.132. The molecule has 0 aromatic heterocycles. The zero-order chi connectivity index (χ0) is 13.9. The van der Waals surface area contributed by atoms with Gasteiger partial charge in [0.05, 0.1) is 5.92 Å². The molecule has 0 amide bonds. The van der Waals surface area contributed by atoms with Gasteiger partial charge in [-0.15, -0.1) is 0 Å². The largest absolute Gasteiger partial charge is 0.481 e. The number of carboxylic acids is 1. The molecular weight excluding hydrogens is 244 g/mol. The van der Waals surface area contributed by atoms with E-state index >= 15 is 0 Å². The van der Waals surface area contributed by atoms with E-state index in [2.05, 4.69) is 34.6 Å². The highest BCUT2D eigenvalue weighted by atomic mass is 32.2. The Bertz CT molecular complexity index is 281. The van der Waals surface area contributed by atoms with Crippen molar-refractivity contribution in [2.24, 2.45) is 23.2 Å². The minimum atomic E-state index is -0.594. The number of carbonyl (C=O) groups is 1. The van der Waals surface area contributed by atoms with Gasteiger partial charge in [-0.05, 0) is 42.3 Å². The van der Waals surface area contributed by atoms with E-state index in [-0.39, 0.29) is 5.92 Å². The van der Waals surface area contributed by atoms with Crippen LogP contribution in [0.15, 0.2) is 0 Å². The van der Waals surface area contributed by atoms with Crippen LogP contribution in [0, 0.1) is 23.2 Å². The summed E-state index contributed by atoms with van der Waals surface area (Å²) in [5, 5.41) is 9.66. The summed E-state index contributed by atoms with van der Waals surface area (Å²) in [4.78, 5) is 11.4. The van der Waals surface area contributed by atoms with Crippen LogP contribution in [0.5, 0.6) is 0 Å². The van der Waals surface area contributed by atoms with E-state index < -0.39 is 5.97 Å². The molecule has 3 atom stereocenters. The molecule has 0 bridgehead atoms. The molecule has 0 saturated heterocycles. The Kier molecular flexibility index (Phi) is 5.57. The Balaban J connectivity index is 2.67. The third-order valence-electron chi connectivity index (χ3n) is 3.98. The van der Waals surface area contributed by atoms with Gasteiger partial charge in [-0.1, -0.05) is 34.6 Å². The Morgan fingerprint density at radius 3 is 2.39 bits per heavy atom. The first-order chi connectivity index (χ1) is 8.21. The zero-order valence-electron chi connectivity index (χ0n) is 12.4. The van der Waals surface area contributed by atoms with Crippen LogP contribution in [-0.4, -0.2) is 22.1 Å². The standard InChI is InChI=1S/C15H28O2S/c1-10(2)9-18-13-8-11(15(3,4)5)6-7-12(13)14(16)17/h10-13H,6-9H2,1-5H3,(H,16,17). The van der Waals surface area contributed by atoms with E-state index in [0.29, 0.717) is 22.5 Å². The van der Waals surface area contributed by atoms with E-state index in [1.54, 1.807) is 0 Å². The average molecular weight is 272 g/mol. The average Bonchev–Trinajstić information content (AvgIpc) is 2.24. The summed E-state index contributed by atoms with van der Waals surface area (Å²) in [6.07, 6.45) is 2.99. The van der Waals surface area contributed by atoms with Gasteiger partial charge in [-0.3, -0.25) is 4.79 Å². The summed E-state index contributed by atoms with van der Waals surface area (Å²) in [5.74, 6) is 1.65. The second-order valence-corrected chi connectivity index (χ2v) is 8.36. The maximum atomic E-state index is 11.4. The van der Waals surface area contributed by atoms with E-state index in [0.717, 1.165) is 25.0 Å². The van der Waals surface area contributed by atoms with Crippen LogP contribution in [0.25, 0.3) is 0 Å². The van der Waals surface area contributed by atoms with Gasteiger partial charge in [0.2, 0.25) is 0 Å². The van der Waals surface area contributed by atoms with E-state index in [1.807, 2.05) is 11.8 Å². The minimum Gasteiger partial charge on any atom is -0.481 e. The predicted octanol–water partition coefficient (Wildman–Crippen LogP) is 4.29. The smallest absolute Gasteiger partial charge is 0.307 e. The van der Waals surface area contributed by atoms with Crippen LogP contribution in [0.4, 0.5) is 0 Å². The van der Waals surface area contributed by atoms with Gasteiger partial charge in [0.15, 0.2) is 0 Å². The van der Waals surface area contributed by atoms with Crippen molar-refractivity contribution >= 4 is 17.7 Å². The number of thioether (sulfide) groups is 1. The van der Waals surface area contributed by atoms with Crippen molar-refractivity contribution in [1.82, 2.24) is 0 Å². The van der Waals surface area contributed by atoms with Crippen molar-refractivity contribution in [1.29, 1.82) is 0 Å². The summed E-state index contributed by atoms with van der Waals surface area (Å²) in [7, 11) is 0. The molecule has 106 valence electrons. The van der Waals surface area contributed by atoms with Gasteiger partial charge in [-0.2, -0.15) is 11.8 Å². The second-order valence-electron chi connectivity index (χ2n) is 7.09. The van der Waals surface area contributed by atoms with Gasteiger partial charge in [0.25, 0.3) is 0 Å². The van der Waals surface area contributed by atoms with E-state index in [4.69, 9.17) is 0 Å². The van der Waals surface area contributed by atoms with Crippen molar-refractivity contribution in [3.63, 3.8) is 0 Å². The Hall–Kier alpha value is -0.180. The Morgan fingerprint density at radius 2 is 1.94 bits per heavy atom. The lowest BCUT2D eigenvalue weighted by Gasteiger charge is -2.40. The second kappa shape index (κ2) is 6.31. The molecule has 0 spiro atoms. The third-order valence-corrected chi connectivity index (χ3v) is 5.79. The van der Waals surface area contributed by atoms with Crippen LogP contribution < -0.4 is 0 Å². The van der Waals surface area contributed by atoms with Crippen molar-refractivity contribution < 1.29 is 9.90 Å². The molecule has 0 radical (unpaired) electrons. The molecule has 0 aliphatic heterocycles. The van der Waals surface area contributed by atoms with Crippen LogP contribution in [-0.2, 0) is 4.79 Å². The molecule has 0 heterocycles. The molecule has 1 aliphatic carbocycles.